The SMILES string of the molecule is O=C(O)N1CC=CC2(C1)C(=O)N(C(=O)O)c1ccc(F)cc12. The van der Waals surface area contributed by atoms with Crippen LogP contribution in [0, 0.1) is 5.82 Å². The first kappa shape index (κ1) is 14.1. The number of carbonyl (C=O) groups excluding carboxylic acids is 1. The summed E-state index contributed by atoms with van der Waals surface area (Å²) in [6.45, 7) is -0.167. The van der Waals surface area contributed by atoms with E-state index in [1.54, 1.807) is 0 Å². The third-order valence-electron chi connectivity index (χ3n) is 3.90. The topological polar surface area (TPSA) is 98.2 Å². The van der Waals surface area contributed by atoms with Crippen molar-refractivity contribution in [3.63, 3.8) is 0 Å². The van der Waals surface area contributed by atoms with Crippen molar-refractivity contribution < 1.29 is 29.0 Å². The maximum absolute atomic E-state index is 13.6. The molecule has 7 nitrogen and oxygen atoms in total. The summed E-state index contributed by atoms with van der Waals surface area (Å²) in [6.07, 6.45) is 0.199. The lowest BCUT2D eigenvalue weighted by Gasteiger charge is -2.33. The molecule has 1 aromatic rings. The van der Waals surface area contributed by atoms with Crippen molar-refractivity contribution in [3.8, 4) is 0 Å². The first-order valence-corrected chi connectivity index (χ1v) is 6.40. The Balaban J connectivity index is 2.21. The molecule has 2 heterocycles. The van der Waals surface area contributed by atoms with Gasteiger partial charge in [0.15, 0.2) is 0 Å². The summed E-state index contributed by atoms with van der Waals surface area (Å²) < 4.78 is 13.6. The number of imide groups is 1. The third-order valence-corrected chi connectivity index (χ3v) is 3.90. The van der Waals surface area contributed by atoms with Crippen molar-refractivity contribution in [3.05, 3.63) is 41.7 Å². The molecule has 8 heteroatoms. The Morgan fingerprint density at radius 1 is 1.23 bits per heavy atom. The fraction of sp³-hybridized carbons (Fsp3) is 0.214. The van der Waals surface area contributed by atoms with Gasteiger partial charge in [0.25, 0.3) is 5.91 Å². The van der Waals surface area contributed by atoms with Crippen LogP contribution in [0.25, 0.3) is 0 Å². The number of carbonyl (C=O) groups is 3. The second kappa shape index (κ2) is 4.55. The molecule has 114 valence electrons. The summed E-state index contributed by atoms with van der Waals surface area (Å²) in [5.74, 6) is -1.43. The van der Waals surface area contributed by atoms with Crippen LogP contribution in [0.2, 0.25) is 0 Å². The number of fused-ring (bicyclic) bond motifs is 2. The van der Waals surface area contributed by atoms with Gasteiger partial charge in [-0.3, -0.25) is 4.79 Å². The molecule has 0 fully saturated rings. The zero-order chi connectivity index (χ0) is 16.1. The molecule has 2 aliphatic heterocycles. The Kier molecular flexibility index (Phi) is 2.91. The Hall–Kier alpha value is -2.90. The molecular weight excluding hydrogens is 295 g/mol. The van der Waals surface area contributed by atoms with E-state index in [0.717, 1.165) is 17.0 Å². The highest BCUT2D eigenvalue weighted by molar-refractivity contribution is 6.21. The van der Waals surface area contributed by atoms with Gasteiger partial charge in [0.1, 0.15) is 11.2 Å². The molecule has 22 heavy (non-hydrogen) atoms. The van der Waals surface area contributed by atoms with Crippen molar-refractivity contribution in [2.45, 2.75) is 5.41 Å². The summed E-state index contributed by atoms with van der Waals surface area (Å²) in [7, 11) is 0. The van der Waals surface area contributed by atoms with E-state index < -0.39 is 29.3 Å². The average molecular weight is 306 g/mol. The van der Waals surface area contributed by atoms with Crippen molar-refractivity contribution in [1.29, 1.82) is 0 Å². The smallest absolute Gasteiger partial charge is 0.418 e. The van der Waals surface area contributed by atoms with E-state index in [0.29, 0.717) is 4.90 Å². The normalized spacial score (nSPS) is 23.0. The Bertz CT molecular complexity index is 732. The summed E-state index contributed by atoms with van der Waals surface area (Å²) >= 11 is 0. The van der Waals surface area contributed by atoms with Gasteiger partial charge in [-0.15, -0.1) is 0 Å². The van der Waals surface area contributed by atoms with Crippen LogP contribution in [0.1, 0.15) is 5.56 Å². The third kappa shape index (κ3) is 1.77. The van der Waals surface area contributed by atoms with E-state index in [2.05, 4.69) is 0 Å². The molecule has 0 bridgehead atoms. The van der Waals surface area contributed by atoms with E-state index in [4.69, 9.17) is 5.11 Å². The molecule has 3 rings (SSSR count). The number of halogens is 1. The number of rotatable bonds is 0. The highest BCUT2D eigenvalue weighted by Gasteiger charge is 2.54. The van der Waals surface area contributed by atoms with Gasteiger partial charge in [-0.2, -0.15) is 0 Å². The Labute approximate surface area is 123 Å². The van der Waals surface area contributed by atoms with Gasteiger partial charge in [-0.25, -0.2) is 18.9 Å². The van der Waals surface area contributed by atoms with E-state index in [9.17, 15) is 23.9 Å². The fourth-order valence-electron chi connectivity index (χ4n) is 2.93. The quantitative estimate of drug-likeness (QED) is 0.710. The highest BCUT2D eigenvalue weighted by atomic mass is 19.1. The van der Waals surface area contributed by atoms with E-state index >= 15 is 0 Å². The fourth-order valence-corrected chi connectivity index (χ4v) is 2.93. The van der Waals surface area contributed by atoms with Gasteiger partial charge in [-0.1, -0.05) is 12.2 Å². The zero-order valence-corrected chi connectivity index (χ0v) is 11.2. The van der Waals surface area contributed by atoms with Crippen LogP contribution in [0.3, 0.4) is 0 Å². The lowest BCUT2D eigenvalue weighted by Crippen LogP contribution is -2.51. The molecule has 1 aromatic carbocycles. The number of hydrogen-bond acceptors (Lipinski definition) is 3. The zero-order valence-electron chi connectivity index (χ0n) is 11.2. The predicted molar refractivity (Wildman–Crippen MR) is 72.3 cm³/mol. The van der Waals surface area contributed by atoms with Crippen molar-refractivity contribution >= 4 is 23.8 Å². The van der Waals surface area contributed by atoms with Crippen LogP contribution < -0.4 is 4.90 Å². The number of anilines is 1. The molecule has 0 aliphatic carbocycles. The van der Waals surface area contributed by atoms with Crippen molar-refractivity contribution in [2.75, 3.05) is 18.0 Å². The maximum atomic E-state index is 13.6. The molecule has 1 spiro atoms. The molecular formula is C14H11FN2O5. The number of nitrogens with zero attached hydrogens (tertiary/aromatic N) is 2. The second-order valence-electron chi connectivity index (χ2n) is 5.12. The number of benzene rings is 1. The second-order valence-corrected chi connectivity index (χ2v) is 5.12. The summed E-state index contributed by atoms with van der Waals surface area (Å²) in [5.41, 5.74) is -1.30. The van der Waals surface area contributed by atoms with Gasteiger partial charge in [-0.05, 0) is 18.2 Å². The molecule has 1 unspecified atom stereocenters. The van der Waals surface area contributed by atoms with Crippen LogP contribution in [-0.4, -0.2) is 46.3 Å². The van der Waals surface area contributed by atoms with Gasteiger partial charge in [0.2, 0.25) is 0 Å². The minimum atomic E-state index is -1.51. The van der Waals surface area contributed by atoms with Crippen LogP contribution >= 0.6 is 0 Å². The number of amides is 3. The summed E-state index contributed by atoms with van der Waals surface area (Å²) in [5, 5.41) is 18.4. The van der Waals surface area contributed by atoms with Crippen LogP contribution in [0.5, 0.6) is 0 Å². The van der Waals surface area contributed by atoms with Crippen LogP contribution in [-0.2, 0) is 10.2 Å². The highest BCUT2D eigenvalue weighted by Crippen LogP contribution is 2.45. The van der Waals surface area contributed by atoms with Gasteiger partial charge in [0.05, 0.1) is 5.69 Å². The summed E-state index contributed by atoms with van der Waals surface area (Å²) in [6, 6.07) is 3.34. The first-order valence-electron chi connectivity index (χ1n) is 6.40. The summed E-state index contributed by atoms with van der Waals surface area (Å²) in [4.78, 5) is 36.7. The molecule has 0 saturated heterocycles. The predicted octanol–water partition coefficient (Wildman–Crippen LogP) is 1.64. The van der Waals surface area contributed by atoms with Crippen LogP contribution in [0.15, 0.2) is 30.4 Å². The lowest BCUT2D eigenvalue weighted by atomic mass is 9.79. The molecule has 2 N–H and O–H groups in total. The molecule has 0 radical (unpaired) electrons. The minimum absolute atomic E-state index is 0.0517. The largest absolute Gasteiger partial charge is 0.465 e. The molecule has 0 saturated carbocycles. The first-order chi connectivity index (χ1) is 10.4. The van der Waals surface area contributed by atoms with Crippen molar-refractivity contribution in [1.82, 2.24) is 4.90 Å². The van der Waals surface area contributed by atoms with E-state index in [-0.39, 0.29) is 24.3 Å². The standard InChI is InChI=1S/C14H11FN2O5/c15-8-2-3-10-9(6-8)14(11(18)17(10)13(21)22)4-1-5-16(7-14)12(19)20/h1-4,6H,5,7H2,(H,19,20)(H,21,22). The maximum Gasteiger partial charge on any atom is 0.418 e. The van der Waals surface area contributed by atoms with Crippen LogP contribution in [0.4, 0.5) is 19.7 Å². The van der Waals surface area contributed by atoms with Gasteiger partial charge in [0, 0.05) is 18.7 Å². The number of carboxylic acid groups (broad SMARTS) is 2. The molecule has 3 amide bonds. The molecule has 1 atom stereocenters. The Morgan fingerprint density at radius 3 is 2.59 bits per heavy atom. The average Bonchev–Trinajstić information content (AvgIpc) is 2.69. The van der Waals surface area contributed by atoms with Gasteiger partial charge < -0.3 is 15.1 Å². The molecule has 2 aliphatic rings. The minimum Gasteiger partial charge on any atom is -0.465 e. The lowest BCUT2D eigenvalue weighted by molar-refractivity contribution is -0.121. The van der Waals surface area contributed by atoms with Gasteiger partial charge >= 0.3 is 12.2 Å². The molecule has 0 aromatic heterocycles. The Morgan fingerprint density at radius 2 is 1.95 bits per heavy atom. The number of hydrogen-bond donors (Lipinski definition) is 2. The monoisotopic (exact) mass is 306 g/mol. The van der Waals surface area contributed by atoms with E-state index in [1.807, 2.05) is 0 Å². The van der Waals surface area contributed by atoms with E-state index in [1.165, 1.54) is 18.2 Å². The van der Waals surface area contributed by atoms with Crippen molar-refractivity contribution in [2.24, 2.45) is 0 Å².